The average Bonchev–Trinajstić information content (AvgIpc) is 3.11. The van der Waals surface area contributed by atoms with E-state index < -0.39 is 22.2 Å². The van der Waals surface area contributed by atoms with E-state index in [2.05, 4.69) is 25.3 Å². The Balaban J connectivity index is 1.64. The number of hydrogen-bond acceptors (Lipinski definition) is 7. The Kier molecular flexibility index (Phi) is 4.54. The molecule has 142 valence electrons. The van der Waals surface area contributed by atoms with Crippen LogP contribution in [0.3, 0.4) is 0 Å². The van der Waals surface area contributed by atoms with Gasteiger partial charge in [-0.3, -0.25) is 0 Å². The molecule has 1 aliphatic rings. The summed E-state index contributed by atoms with van der Waals surface area (Å²) in [5.41, 5.74) is 2.81. The zero-order valence-electron chi connectivity index (χ0n) is 14.7. The molecule has 0 amide bonds. The zero-order chi connectivity index (χ0) is 19.0. The monoisotopic (exact) mass is 388 g/mol. The van der Waals surface area contributed by atoms with Crippen molar-refractivity contribution in [3.8, 4) is 11.3 Å². The molecule has 0 saturated carbocycles. The third kappa shape index (κ3) is 3.64. The Morgan fingerprint density at radius 1 is 1.33 bits per heavy atom. The van der Waals surface area contributed by atoms with E-state index in [1.165, 1.54) is 10.6 Å². The highest BCUT2D eigenvalue weighted by Crippen LogP contribution is 2.27. The molecule has 3 aromatic rings. The highest BCUT2D eigenvalue weighted by atomic mass is 32.2. The topological polar surface area (TPSA) is 124 Å². The van der Waals surface area contributed by atoms with Crippen molar-refractivity contribution in [2.75, 3.05) is 24.7 Å². The van der Waals surface area contributed by atoms with Gasteiger partial charge in [0.1, 0.15) is 11.3 Å². The van der Waals surface area contributed by atoms with Crippen molar-refractivity contribution < 1.29 is 13.5 Å². The van der Waals surface area contributed by atoms with Crippen LogP contribution < -0.4 is 5.32 Å². The van der Waals surface area contributed by atoms with Crippen LogP contribution in [0.25, 0.3) is 22.4 Å². The van der Waals surface area contributed by atoms with Crippen molar-refractivity contribution >= 4 is 27.0 Å². The van der Waals surface area contributed by atoms with Crippen LogP contribution in [0.4, 0.5) is 5.82 Å². The molecule has 0 radical (unpaired) electrons. The van der Waals surface area contributed by atoms with Gasteiger partial charge in [0.05, 0.1) is 30.3 Å². The van der Waals surface area contributed by atoms with Crippen molar-refractivity contribution in [1.29, 1.82) is 0 Å². The Labute approximate surface area is 156 Å². The number of hydrogen-bond donors (Lipinski definition) is 3. The van der Waals surface area contributed by atoms with E-state index in [0.29, 0.717) is 30.1 Å². The van der Waals surface area contributed by atoms with Crippen molar-refractivity contribution in [2.24, 2.45) is 0 Å². The van der Waals surface area contributed by atoms with E-state index in [1.807, 2.05) is 12.1 Å². The molecule has 3 N–H and O–H groups in total. The lowest BCUT2D eigenvalue weighted by Crippen LogP contribution is -2.52. The summed E-state index contributed by atoms with van der Waals surface area (Å²) in [5.74, 6) is 0.529. The van der Waals surface area contributed by atoms with E-state index in [-0.39, 0.29) is 6.54 Å². The molecule has 0 aliphatic carbocycles. The predicted molar refractivity (Wildman–Crippen MR) is 102 cm³/mol. The minimum absolute atomic E-state index is 0.179. The van der Waals surface area contributed by atoms with Gasteiger partial charge in [0.15, 0.2) is 5.65 Å². The number of rotatable bonds is 4. The van der Waals surface area contributed by atoms with Crippen LogP contribution in [-0.4, -0.2) is 69.3 Å². The summed E-state index contributed by atoms with van der Waals surface area (Å²) in [4.78, 5) is 16.3. The van der Waals surface area contributed by atoms with Crippen LogP contribution in [0.5, 0.6) is 0 Å². The number of aromatic amines is 1. The number of fused-ring (bicyclic) bond motifs is 1. The molecule has 3 aromatic heterocycles. The lowest BCUT2D eigenvalue weighted by atomic mass is 10.0. The van der Waals surface area contributed by atoms with Crippen molar-refractivity contribution in [3.05, 3.63) is 36.8 Å². The first-order chi connectivity index (χ1) is 12.9. The second-order valence-electron chi connectivity index (χ2n) is 6.59. The molecular formula is C17H20N6O3S. The Bertz CT molecular complexity index is 1070. The number of aromatic nitrogens is 4. The third-order valence-electron chi connectivity index (χ3n) is 4.67. The summed E-state index contributed by atoms with van der Waals surface area (Å²) in [6.45, 7) is 0.488. The highest BCUT2D eigenvalue weighted by Gasteiger charge is 2.32. The predicted octanol–water partition coefficient (Wildman–Crippen LogP) is 0.827. The summed E-state index contributed by atoms with van der Waals surface area (Å²) < 4.78 is 25.1. The second kappa shape index (κ2) is 6.87. The number of sulfonamides is 1. The normalized spacial score (nSPS) is 21.4. The number of piperidine rings is 1. The second-order valence-corrected chi connectivity index (χ2v) is 8.58. The molecule has 27 heavy (non-hydrogen) atoms. The van der Waals surface area contributed by atoms with Crippen molar-refractivity contribution in [3.63, 3.8) is 0 Å². The van der Waals surface area contributed by atoms with Crippen LogP contribution >= 0.6 is 0 Å². The Morgan fingerprint density at radius 3 is 3.00 bits per heavy atom. The number of nitrogens with zero attached hydrogens (tertiary/aromatic N) is 4. The lowest BCUT2D eigenvalue weighted by Gasteiger charge is -2.35. The van der Waals surface area contributed by atoms with Crippen LogP contribution in [-0.2, 0) is 10.0 Å². The molecule has 10 heteroatoms. The van der Waals surface area contributed by atoms with Gasteiger partial charge >= 0.3 is 0 Å². The summed E-state index contributed by atoms with van der Waals surface area (Å²) in [6, 6.07) is 5.03. The largest absolute Gasteiger partial charge is 0.391 e. The number of aliphatic hydroxyl groups excluding tert-OH is 1. The Morgan fingerprint density at radius 2 is 2.19 bits per heavy atom. The summed E-state index contributed by atoms with van der Waals surface area (Å²) in [5, 5.41) is 13.5. The minimum Gasteiger partial charge on any atom is -0.391 e. The van der Waals surface area contributed by atoms with Gasteiger partial charge in [-0.15, -0.1) is 0 Å². The first-order valence-corrected chi connectivity index (χ1v) is 10.4. The fraction of sp³-hybridized carbons (Fsp3) is 0.353. The fourth-order valence-electron chi connectivity index (χ4n) is 3.22. The summed E-state index contributed by atoms with van der Waals surface area (Å²) in [6.07, 6.45) is 5.93. The molecule has 0 bridgehead atoms. The molecule has 1 fully saturated rings. The number of pyridine rings is 1. The number of anilines is 1. The molecule has 0 unspecified atom stereocenters. The molecule has 2 atom stereocenters. The summed E-state index contributed by atoms with van der Waals surface area (Å²) in [7, 11) is -3.32. The quantitative estimate of drug-likeness (QED) is 0.604. The zero-order valence-corrected chi connectivity index (χ0v) is 15.5. The lowest BCUT2D eigenvalue weighted by molar-refractivity contribution is 0.0993. The van der Waals surface area contributed by atoms with Gasteiger partial charge in [-0.1, -0.05) is 0 Å². The van der Waals surface area contributed by atoms with Gasteiger partial charge in [-0.2, -0.15) is 4.31 Å². The van der Waals surface area contributed by atoms with E-state index in [1.54, 1.807) is 24.7 Å². The first-order valence-electron chi connectivity index (χ1n) is 8.57. The van der Waals surface area contributed by atoms with Crippen LogP contribution in [0.15, 0.2) is 36.8 Å². The smallest absolute Gasteiger partial charge is 0.211 e. The maximum absolute atomic E-state index is 11.9. The summed E-state index contributed by atoms with van der Waals surface area (Å²) >= 11 is 0. The maximum Gasteiger partial charge on any atom is 0.211 e. The molecule has 0 spiro atoms. The standard InChI is InChI=1S/C17H20N6O3S/c1-27(25,26)23-8-5-15(24)14(10-23)22-16-11(3-2-6-18-16)13-9-20-17-12(21-13)4-7-19-17/h2-4,6-7,9,14-15,24H,5,8,10H2,1H3,(H,18,22)(H,19,20)/t14-,15-/m1/s1. The molecule has 0 aromatic carbocycles. The average molecular weight is 388 g/mol. The van der Waals surface area contributed by atoms with E-state index >= 15 is 0 Å². The molecular weight excluding hydrogens is 368 g/mol. The van der Waals surface area contributed by atoms with Gasteiger partial charge < -0.3 is 15.4 Å². The molecule has 4 rings (SSSR count). The van der Waals surface area contributed by atoms with Gasteiger partial charge in [0.25, 0.3) is 0 Å². The van der Waals surface area contributed by atoms with Crippen molar-refractivity contribution in [1.82, 2.24) is 24.2 Å². The van der Waals surface area contributed by atoms with E-state index in [0.717, 1.165) is 11.1 Å². The minimum atomic E-state index is -3.32. The molecule has 1 aliphatic heterocycles. The number of H-pyrrole nitrogens is 1. The van der Waals surface area contributed by atoms with Crippen molar-refractivity contribution in [2.45, 2.75) is 18.6 Å². The van der Waals surface area contributed by atoms with Crippen LogP contribution in [0, 0.1) is 0 Å². The number of aliphatic hydroxyl groups is 1. The molecule has 9 nitrogen and oxygen atoms in total. The third-order valence-corrected chi connectivity index (χ3v) is 5.94. The van der Waals surface area contributed by atoms with Gasteiger partial charge in [0, 0.05) is 31.0 Å². The molecule has 4 heterocycles. The van der Waals surface area contributed by atoms with Gasteiger partial charge in [0.2, 0.25) is 10.0 Å². The van der Waals surface area contributed by atoms with Crippen LogP contribution in [0.1, 0.15) is 6.42 Å². The van der Waals surface area contributed by atoms with Gasteiger partial charge in [-0.05, 0) is 24.6 Å². The van der Waals surface area contributed by atoms with E-state index in [4.69, 9.17) is 0 Å². The van der Waals surface area contributed by atoms with E-state index in [9.17, 15) is 13.5 Å². The maximum atomic E-state index is 11.9. The van der Waals surface area contributed by atoms with Gasteiger partial charge in [-0.25, -0.2) is 23.4 Å². The Hall–Kier alpha value is -2.56. The first kappa shape index (κ1) is 17.8. The SMILES string of the molecule is CS(=O)(=O)N1CC[C@@H](O)[C@H](Nc2ncccc2-c2cnc3[nH]ccc3n2)C1. The van der Waals surface area contributed by atoms with Crippen LogP contribution in [0.2, 0.25) is 0 Å². The number of nitrogens with one attached hydrogen (secondary N) is 2. The highest BCUT2D eigenvalue weighted by molar-refractivity contribution is 7.88. The fourth-order valence-corrected chi connectivity index (χ4v) is 4.08. The molecule has 1 saturated heterocycles.